The van der Waals surface area contributed by atoms with E-state index in [-0.39, 0.29) is 30.2 Å². The fourth-order valence-electron chi connectivity index (χ4n) is 3.16. The molecule has 3 heterocycles. The van der Waals surface area contributed by atoms with Gasteiger partial charge in [-0.25, -0.2) is 9.48 Å². The van der Waals surface area contributed by atoms with E-state index in [1.165, 1.54) is 16.4 Å². The minimum absolute atomic E-state index is 0.00467. The number of aliphatic carboxylic acids is 1. The van der Waals surface area contributed by atoms with Crippen molar-refractivity contribution in [1.29, 1.82) is 0 Å². The van der Waals surface area contributed by atoms with Crippen molar-refractivity contribution < 1.29 is 37.5 Å². The second-order valence-corrected chi connectivity index (χ2v) is 9.85. The van der Waals surface area contributed by atoms with Crippen molar-refractivity contribution in [3.05, 3.63) is 11.3 Å². The zero-order chi connectivity index (χ0) is 25.2. The topological polar surface area (TPSA) is 173 Å². The van der Waals surface area contributed by atoms with Gasteiger partial charge in [0.05, 0.1) is 18.2 Å². The van der Waals surface area contributed by atoms with Crippen molar-refractivity contribution in [2.24, 2.45) is 5.73 Å². The number of nitrogens with one attached hydrogen (secondary N) is 1. The van der Waals surface area contributed by atoms with Crippen LogP contribution < -0.4 is 11.1 Å². The number of hydrogen-bond donors (Lipinski definition) is 4. The van der Waals surface area contributed by atoms with Crippen molar-refractivity contribution in [3.8, 4) is 0 Å². The number of thioether (sulfide) groups is 2. The lowest BCUT2D eigenvalue weighted by Gasteiger charge is -2.49. The summed E-state index contributed by atoms with van der Waals surface area (Å²) < 4.78 is 38.8. The number of nitrogens with two attached hydrogens (primary N) is 1. The highest BCUT2D eigenvalue weighted by Gasteiger charge is 2.54. The fraction of sp³-hybridized carbons (Fsp3) is 0.562. The first-order valence-corrected chi connectivity index (χ1v) is 12.1. The predicted octanol–water partition coefficient (Wildman–Crippen LogP) is -0.370. The van der Waals surface area contributed by atoms with E-state index >= 15 is 0 Å². The molecule has 12 nitrogen and oxygen atoms in total. The fourth-order valence-corrected chi connectivity index (χ4v) is 5.83. The molecule has 0 radical (unpaired) electrons. The summed E-state index contributed by atoms with van der Waals surface area (Å²) in [4.78, 5) is 48.5. The molecule has 2 aliphatic rings. The molecule has 0 saturated carbocycles. The molecule has 3 amide bonds. The Labute approximate surface area is 203 Å². The molecule has 1 fully saturated rings. The van der Waals surface area contributed by atoms with Crippen LogP contribution in [0.25, 0.3) is 0 Å². The van der Waals surface area contributed by atoms with Crippen molar-refractivity contribution in [1.82, 2.24) is 30.4 Å². The van der Waals surface area contributed by atoms with Crippen molar-refractivity contribution in [2.75, 3.05) is 11.5 Å². The number of rotatable bonds is 10. The van der Waals surface area contributed by atoms with E-state index in [2.05, 4.69) is 33.5 Å². The number of β-lactam (4-membered cyclic amide) rings is 1. The lowest BCUT2D eigenvalue weighted by molar-refractivity contribution is -0.152. The molecule has 1 aromatic heterocycles. The number of carboxylic acid groups (broad SMARTS) is 1. The van der Waals surface area contributed by atoms with Crippen LogP contribution in [-0.2, 0) is 25.7 Å². The molecule has 186 valence electrons. The maximum Gasteiger partial charge on any atom is 0.390 e. The Morgan fingerprint density at radius 3 is 2.71 bits per heavy atom. The number of thiol groups is 1. The summed E-state index contributed by atoms with van der Waals surface area (Å²) in [5, 5.41) is 20.8. The molecule has 0 bridgehead atoms. The molecule has 0 spiro atoms. The molecule has 3 atom stereocenters. The van der Waals surface area contributed by atoms with Gasteiger partial charge in [-0.3, -0.25) is 19.3 Å². The van der Waals surface area contributed by atoms with E-state index in [0.717, 1.165) is 16.7 Å². The van der Waals surface area contributed by atoms with Crippen LogP contribution in [0.4, 0.5) is 13.2 Å². The summed E-state index contributed by atoms with van der Waals surface area (Å²) in [7, 11) is 0. The van der Waals surface area contributed by atoms with Gasteiger partial charge < -0.3 is 16.2 Å². The van der Waals surface area contributed by atoms with Crippen LogP contribution >= 0.6 is 36.2 Å². The van der Waals surface area contributed by atoms with Gasteiger partial charge in [-0.2, -0.15) is 25.8 Å². The van der Waals surface area contributed by atoms with Crippen LogP contribution in [0.1, 0.15) is 12.8 Å². The Hall–Kier alpha value is -2.47. The first kappa shape index (κ1) is 26.1. The lowest BCUT2D eigenvalue weighted by Crippen LogP contribution is -2.71. The highest BCUT2D eigenvalue weighted by molar-refractivity contribution is 8.01. The predicted molar refractivity (Wildman–Crippen MR) is 115 cm³/mol. The van der Waals surface area contributed by atoms with E-state index in [4.69, 9.17) is 5.73 Å². The normalized spacial score (nSPS) is 21.1. The van der Waals surface area contributed by atoms with Crippen LogP contribution in [0.2, 0.25) is 0 Å². The largest absolute Gasteiger partial charge is 0.477 e. The maximum atomic E-state index is 12.6. The van der Waals surface area contributed by atoms with Gasteiger partial charge in [-0.05, 0) is 16.0 Å². The maximum absolute atomic E-state index is 12.6. The third-order valence-corrected chi connectivity index (χ3v) is 7.52. The van der Waals surface area contributed by atoms with Crippen LogP contribution in [0.5, 0.6) is 0 Å². The van der Waals surface area contributed by atoms with Crippen LogP contribution in [0, 0.1) is 0 Å². The molecular weight excluding hydrogens is 523 g/mol. The van der Waals surface area contributed by atoms with Gasteiger partial charge in [-0.1, -0.05) is 11.8 Å². The summed E-state index contributed by atoms with van der Waals surface area (Å²) in [6.07, 6.45) is -6.07. The average molecular weight is 542 g/mol. The Morgan fingerprint density at radius 2 is 2.09 bits per heavy atom. The lowest BCUT2D eigenvalue weighted by atomic mass is 10.0. The third kappa shape index (κ3) is 5.96. The molecule has 2 aliphatic heterocycles. The summed E-state index contributed by atoms with van der Waals surface area (Å²) >= 11 is 5.91. The molecule has 1 aromatic rings. The molecular formula is C16H18F3N7O5S3. The summed E-state index contributed by atoms with van der Waals surface area (Å²) in [5.41, 5.74) is 5.24. The monoisotopic (exact) mass is 541 g/mol. The van der Waals surface area contributed by atoms with Gasteiger partial charge in [-0.15, -0.1) is 16.9 Å². The number of primary amides is 1. The van der Waals surface area contributed by atoms with Crippen LogP contribution in [0.15, 0.2) is 16.4 Å². The SMILES string of the molecule is NC(=O)CCn1nnnc1SCC1=C(C(=O)O)N2C(=O)C(NC(=O)C(S)CC(F)(F)F)[C@H]2SC1. The van der Waals surface area contributed by atoms with Crippen LogP contribution in [0.3, 0.4) is 0 Å². The number of aryl methyl sites for hydroxylation is 1. The van der Waals surface area contributed by atoms with Gasteiger partial charge in [0.1, 0.15) is 17.1 Å². The Kier molecular flexibility index (Phi) is 8.02. The van der Waals surface area contributed by atoms with Crippen molar-refractivity contribution in [3.63, 3.8) is 0 Å². The average Bonchev–Trinajstić information content (AvgIpc) is 3.19. The van der Waals surface area contributed by atoms with Gasteiger partial charge in [0.2, 0.25) is 17.0 Å². The summed E-state index contributed by atoms with van der Waals surface area (Å²) in [6, 6.07) is -1.16. The van der Waals surface area contributed by atoms with E-state index in [0.29, 0.717) is 10.7 Å². The van der Waals surface area contributed by atoms with E-state index in [1.54, 1.807) is 0 Å². The van der Waals surface area contributed by atoms with Gasteiger partial charge in [0, 0.05) is 17.9 Å². The number of aromatic nitrogens is 4. The first-order valence-electron chi connectivity index (χ1n) is 9.51. The number of halogens is 3. The Morgan fingerprint density at radius 1 is 1.38 bits per heavy atom. The Balaban J connectivity index is 1.68. The van der Waals surface area contributed by atoms with Gasteiger partial charge >= 0.3 is 12.1 Å². The summed E-state index contributed by atoms with van der Waals surface area (Å²) in [6.45, 7) is 0.138. The minimum Gasteiger partial charge on any atom is -0.477 e. The van der Waals surface area contributed by atoms with E-state index < -0.39 is 53.0 Å². The minimum atomic E-state index is -4.61. The number of fused-ring (bicyclic) bond motifs is 1. The zero-order valence-electron chi connectivity index (χ0n) is 17.1. The van der Waals surface area contributed by atoms with Gasteiger partial charge in [0.15, 0.2) is 0 Å². The van der Waals surface area contributed by atoms with Gasteiger partial charge in [0.25, 0.3) is 5.91 Å². The van der Waals surface area contributed by atoms with E-state index in [1.807, 2.05) is 0 Å². The zero-order valence-corrected chi connectivity index (χ0v) is 19.6. The highest BCUT2D eigenvalue weighted by Crippen LogP contribution is 2.41. The van der Waals surface area contributed by atoms with Crippen LogP contribution in [-0.4, -0.2) is 88.3 Å². The molecule has 0 aliphatic carbocycles. The molecule has 2 unspecified atom stereocenters. The number of amides is 3. The van der Waals surface area contributed by atoms with Crippen molar-refractivity contribution >= 4 is 59.8 Å². The highest BCUT2D eigenvalue weighted by atomic mass is 32.2. The number of alkyl halides is 3. The quantitative estimate of drug-likeness (QED) is 0.174. The molecule has 4 N–H and O–H groups in total. The first-order chi connectivity index (χ1) is 15.9. The van der Waals surface area contributed by atoms with E-state index in [9.17, 15) is 37.5 Å². The number of tetrazole rings is 1. The molecule has 34 heavy (non-hydrogen) atoms. The number of carboxylic acids is 1. The number of carbonyl (C=O) groups excluding carboxylic acids is 3. The molecule has 18 heteroatoms. The number of carbonyl (C=O) groups is 4. The summed E-state index contributed by atoms with van der Waals surface area (Å²) in [5.74, 6) is -3.42. The number of hydrogen-bond acceptors (Lipinski definition) is 10. The third-order valence-electron chi connectivity index (χ3n) is 4.72. The Bertz CT molecular complexity index is 1030. The number of nitrogens with zero attached hydrogens (tertiary/aromatic N) is 5. The second kappa shape index (κ2) is 10.4. The standard InChI is InChI=1S/C16H18F3N7O5S3/c17-16(18,19)3-7(32)11(28)21-9-12(29)26-10(14(30)31)6(4-33-13(9)26)5-34-15-22-23-24-25(15)2-1-8(20)27/h7,9,13,32H,1-5H2,(H2,20,27)(H,21,28)(H,30,31)/t7?,9?,13-/m1/s1. The molecule has 1 saturated heterocycles. The molecule has 3 rings (SSSR count). The smallest absolute Gasteiger partial charge is 0.390 e. The van der Waals surface area contributed by atoms with Crippen molar-refractivity contribution in [2.45, 2.75) is 47.4 Å². The molecule has 0 aromatic carbocycles. The second-order valence-electron chi connectivity index (χ2n) is 7.18.